The van der Waals surface area contributed by atoms with Crippen LogP contribution in [0.2, 0.25) is 0 Å². The van der Waals surface area contributed by atoms with Crippen LogP contribution in [0.5, 0.6) is 5.75 Å². The Labute approximate surface area is 163 Å². The van der Waals surface area contributed by atoms with Gasteiger partial charge in [-0.25, -0.2) is 0 Å². The Morgan fingerprint density at radius 2 is 1.88 bits per heavy atom. The molecule has 6 heteroatoms. The first-order valence-corrected chi connectivity index (χ1v) is 9.63. The second-order valence-corrected chi connectivity index (χ2v) is 7.48. The molecule has 3 rings (SSSR count). The number of methoxy groups -OCH3 is 1. The summed E-state index contributed by atoms with van der Waals surface area (Å²) in [6.07, 6.45) is 0. The van der Waals surface area contributed by atoms with E-state index in [1.807, 2.05) is 37.3 Å². The van der Waals surface area contributed by atoms with Crippen molar-refractivity contribution in [3.63, 3.8) is 0 Å². The Balaban J connectivity index is 1.48. The van der Waals surface area contributed by atoms with Crippen LogP contribution in [-0.4, -0.2) is 45.7 Å². The van der Waals surface area contributed by atoms with E-state index in [2.05, 4.69) is 38.3 Å². The minimum atomic E-state index is 0.0636. The smallest absolute Gasteiger partial charge is 0.279 e. The molecule has 26 heavy (non-hydrogen) atoms. The highest BCUT2D eigenvalue weighted by Crippen LogP contribution is 2.20. The molecular formula is C20H25BrN3O2+. The molecule has 1 aliphatic heterocycles. The number of nitrogens with one attached hydrogen (secondary N) is 2. The predicted octanol–water partition coefficient (Wildman–Crippen LogP) is 2.11. The highest BCUT2D eigenvalue weighted by atomic mass is 79.9. The van der Waals surface area contributed by atoms with Gasteiger partial charge < -0.3 is 19.9 Å². The number of ether oxygens (including phenoxy) is 1. The second-order valence-electron chi connectivity index (χ2n) is 6.62. The van der Waals surface area contributed by atoms with Gasteiger partial charge in [-0.1, -0.05) is 22.0 Å². The average Bonchev–Trinajstić information content (AvgIpc) is 2.65. The molecule has 0 atom stereocenters. The van der Waals surface area contributed by atoms with E-state index < -0.39 is 0 Å². The van der Waals surface area contributed by atoms with Crippen LogP contribution in [0.1, 0.15) is 5.56 Å². The first kappa shape index (κ1) is 18.7. The molecule has 2 aromatic carbocycles. The van der Waals surface area contributed by atoms with E-state index in [4.69, 9.17) is 4.74 Å². The van der Waals surface area contributed by atoms with Crippen LogP contribution in [0.25, 0.3) is 0 Å². The van der Waals surface area contributed by atoms with Crippen molar-refractivity contribution in [3.05, 3.63) is 52.5 Å². The number of rotatable bonds is 5. The average molecular weight is 419 g/mol. The Bertz CT molecular complexity index is 756. The van der Waals surface area contributed by atoms with Crippen LogP contribution < -0.4 is 19.9 Å². The van der Waals surface area contributed by atoms with Crippen molar-refractivity contribution in [3.8, 4) is 5.75 Å². The fraction of sp³-hybridized carbons (Fsp3) is 0.350. The summed E-state index contributed by atoms with van der Waals surface area (Å²) in [6.45, 7) is 6.34. The summed E-state index contributed by atoms with van der Waals surface area (Å²) in [4.78, 5) is 16.0. The van der Waals surface area contributed by atoms with Crippen molar-refractivity contribution in [2.75, 3.05) is 50.1 Å². The molecule has 1 saturated heterocycles. The molecule has 0 saturated carbocycles. The molecule has 1 aliphatic rings. The number of quaternary nitrogens is 1. The minimum Gasteiger partial charge on any atom is -0.497 e. The molecule has 0 radical (unpaired) electrons. The first-order valence-electron chi connectivity index (χ1n) is 8.84. The molecule has 0 unspecified atom stereocenters. The van der Waals surface area contributed by atoms with Gasteiger partial charge >= 0.3 is 0 Å². The van der Waals surface area contributed by atoms with Gasteiger partial charge in [-0.15, -0.1) is 0 Å². The maximum Gasteiger partial charge on any atom is 0.279 e. The Morgan fingerprint density at radius 3 is 2.50 bits per heavy atom. The van der Waals surface area contributed by atoms with Crippen LogP contribution in [-0.2, 0) is 4.79 Å². The lowest BCUT2D eigenvalue weighted by molar-refractivity contribution is -0.892. The van der Waals surface area contributed by atoms with Crippen molar-refractivity contribution in [1.82, 2.24) is 0 Å². The third-order valence-electron chi connectivity index (χ3n) is 4.77. The van der Waals surface area contributed by atoms with Crippen molar-refractivity contribution in [2.45, 2.75) is 6.92 Å². The second kappa shape index (κ2) is 8.56. The summed E-state index contributed by atoms with van der Waals surface area (Å²) in [6, 6.07) is 14.0. The van der Waals surface area contributed by atoms with Crippen molar-refractivity contribution >= 4 is 33.2 Å². The van der Waals surface area contributed by atoms with Crippen molar-refractivity contribution in [2.24, 2.45) is 0 Å². The molecule has 2 aromatic rings. The SMILES string of the molecule is COc1ccc(N2CC[NH+](CC(=O)Nc3ccc(C)c(Br)c3)CC2)cc1. The molecule has 1 amide bonds. The van der Waals surface area contributed by atoms with Gasteiger partial charge in [0.2, 0.25) is 0 Å². The van der Waals surface area contributed by atoms with Gasteiger partial charge in [-0.2, -0.15) is 0 Å². The number of hydrogen-bond acceptors (Lipinski definition) is 3. The van der Waals surface area contributed by atoms with Crippen LogP contribution in [0.4, 0.5) is 11.4 Å². The largest absolute Gasteiger partial charge is 0.497 e. The van der Waals surface area contributed by atoms with E-state index in [1.165, 1.54) is 10.6 Å². The lowest BCUT2D eigenvalue weighted by Crippen LogP contribution is -3.15. The molecule has 0 bridgehead atoms. The summed E-state index contributed by atoms with van der Waals surface area (Å²) in [5.41, 5.74) is 3.20. The number of anilines is 2. The summed E-state index contributed by atoms with van der Waals surface area (Å²) in [5.74, 6) is 0.936. The maximum atomic E-state index is 12.3. The molecule has 1 fully saturated rings. The number of piperazine rings is 1. The van der Waals surface area contributed by atoms with Crippen LogP contribution in [0.15, 0.2) is 46.9 Å². The van der Waals surface area contributed by atoms with E-state index in [0.29, 0.717) is 6.54 Å². The number of carbonyl (C=O) groups is 1. The lowest BCUT2D eigenvalue weighted by Gasteiger charge is -2.33. The summed E-state index contributed by atoms with van der Waals surface area (Å²) in [7, 11) is 1.68. The monoisotopic (exact) mass is 418 g/mol. The van der Waals surface area contributed by atoms with Crippen LogP contribution in [0.3, 0.4) is 0 Å². The van der Waals surface area contributed by atoms with Crippen LogP contribution >= 0.6 is 15.9 Å². The predicted molar refractivity (Wildman–Crippen MR) is 108 cm³/mol. The van der Waals surface area contributed by atoms with Gasteiger partial charge in [0.15, 0.2) is 6.54 Å². The summed E-state index contributed by atoms with van der Waals surface area (Å²) in [5, 5.41) is 3.00. The number of nitrogens with zero attached hydrogens (tertiary/aromatic N) is 1. The van der Waals surface area contributed by atoms with Gasteiger partial charge in [0.1, 0.15) is 5.75 Å². The highest BCUT2D eigenvalue weighted by molar-refractivity contribution is 9.10. The number of halogens is 1. The molecule has 0 aliphatic carbocycles. The van der Waals surface area contributed by atoms with Crippen molar-refractivity contribution < 1.29 is 14.4 Å². The third kappa shape index (κ3) is 4.77. The van der Waals surface area contributed by atoms with Gasteiger partial charge in [0.05, 0.1) is 33.3 Å². The topological polar surface area (TPSA) is 46.0 Å². The number of hydrogen-bond donors (Lipinski definition) is 2. The fourth-order valence-electron chi connectivity index (χ4n) is 3.15. The fourth-order valence-corrected chi connectivity index (χ4v) is 3.53. The normalized spacial score (nSPS) is 15.0. The Kier molecular flexibility index (Phi) is 6.16. The van der Waals surface area contributed by atoms with Gasteiger partial charge in [0, 0.05) is 15.8 Å². The number of carbonyl (C=O) groups excluding carboxylic acids is 1. The summed E-state index contributed by atoms with van der Waals surface area (Å²) < 4.78 is 6.22. The molecule has 0 aromatic heterocycles. The lowest BCUT2D eigenvalue weighted by atomic mass is 10.2. The van der Waals surface area contributed by atoms with Gasteiger partial charge in [0.25, 0.3) is 5.91 Å². The Hall–Kier alpha value is -2.05. The van der Waals surface area contributed by atoms with E-state index in [0.717, 1.165) is 47.7 Å². The Morgan fingerprint density at radius 1 is 1.19 bits per heavy atom. The minimum absolute atomic E-state index is 0.0636. The zero-order valence-corrected chi connectivity index (χ0v) is 16.8. The number of benzene rings is 2. The van der Waals surface area contributed by atoms with E-state index in [9.17, 15) is 4.79 Å². The third-order valence-corrected chi connectivity index (χ3v) is 5.63. The first-order chi connectivity index (χ1) is 12.5. The zero-order valence-electron chi connectivity index (χ0n) is 15.2. The molecular weight excluding hydrogens is 394 g/mol. The molecule has 5 nitrogen and oxygen atoms in total. The molecule has 2 N–H and O–H groups in total. The van der Waals surface area contributed by atoms with Crippen molar-refractivity contribution in [1.29, 1.82) is 0 Å². The van der Waals surface area contributed by atoms with E-state index in [1.54, 1.807) is 7.11 Å². The highest BCUT2D eigenvalue weighted by Gasteiger charge is 2.22. The van der Waals surface area contributed by atoms with Gasteiger partial charge in [-0.3, -0.25) is 4.79 Å². The quantitative estimate of drug-likeness (QED) is 0.781. The van der Waals surface area contributed by atoms with Crippen LogP contribution in [0, 0.1) is 6.92 Å². The molecule has 138 valence electrons. The zero-order chi connectivity index (χ0) is 18.5. The number of amides is 1. The maximum absolute atomic E-state index is 12.3. The molecule has 1 heterocycles. The van der Waals surface area contributed by atoms with E-state index >= 15 is 0 Å². The number of aryl methyl sites for hydroxylation is 1. The van der Waals surface area contributed by atoms with Gasteiger partial charge in [-0.05, 0) is 48.9 Å². The van der Waals surface area contributed by atoms with E-state index in [-0.39, 0.29) is 5.91 Å². The summed E-state index contributed by atoms with van der Waals surface area (Å²) >= 11 is 3.50. The molecule has 0 spiro atoms. The standard InChI is InChI=1S/C20H24BrN3O2/c1-15-3-4-16(13-19(15)21)22-20(25)14-23-9-11-24(12-10-23)17-5-7-18(26-2)8-6-17/h3-8,13H,9-12,14H2,1-2H3,(H,22,25)/p+1.